The number of methoxy groups -OCH3 is 2. The normalized spacial score (nSPS) is 12.8. The van der Waals surface area contributed by atoms with Crippen LogP contribution in [0.15, 0.2) is 41.0 Å². The molecule has 2 aromatic heterocycles. The van der Waals surface area contributed by atoms with Gasteiger partial charge in [0, 0.05) is 24.4 Å². The first-order valence-corrected chi connectivity index (χ1v) is 10.5. The summed E-state index contributed by atoms with van der Waals surface area (Å²) in [7, 11) is 3.16. The number of furan rings is 1. The van der Waals surface area contributed by atoms with Crippen LogP contribution >= 0.6 is 11.3 Å². The predicted octanol–water partition coefficient (Wildman–Crippen LogP) is 3.27. The molecule has 0 fully saturated rings. The van der Waals surface area contributed by atoms with Gasteiger partial charge < -0.3 is 24.1 Å². The second-order valence-electron chi connectivity index (χ2n) is 6.84. The zero-order valence-electron chi connectivity index (χ0n) is 17.1. The van der Waals surface area contributed by atoms with Gasteiger partial charge in [0.1, 0.15) is 0 Å². The van der Waals surface area contributed by atoms with Crippen molar-refractivity contribution < 1.29 is 23.5 Å². The van der Waals surface area contributed by atoms with Crippen LogP contribution in [0.5, 0.6) is 11.5 Å². The number of hydrogen-bond acceptors (Lipinski definition) is 7. The van der Waals surface area contributed by atoms with Gasteiger partial charge in [0.15, 0.2) is 22.4 Å². The smallest absolute Gasteiger partial charge is 0.318 e. The zero-order chi connectivity index (χ0) is 21.8. The zero-order valence-corrected chi connectivity index (χ0v) is 18.0. The highest BCUT2D eigenvalue weighted by Gasteiger charge is 2.25. The Morgan fingerprint density at radius 3 is 2.81 bits per heavy atom. The number of aromatic nitrogens is 1. The van der Waals surface area contributed by atoms with Crippen molar-refractivity contribution in [3.05, 3.63) is 58.5 Å². The molecule has 162 valence electrons. The minimum absolute atomic E-state index is 0.157. The van der Waals surface area contributed by atoms with E-state index in [2.05, 4.69) is 15.6 Å². The fourth-order valence-corrected chi connectivity index (χ4v) is 4.29. The first-order valence-electron chi connectivity index (χ1n) is 9.64. The van der Waals surface area contributed by atoms with E-state index in [1.807, 2.05) is 18.2 Å². The SMILES string of the molecule is COc1ccc(CNC(=O)N2CCc3nc(NC(=O)c4ccco4)sc3C2)cc1OC. The lowest BCUT2D eigenvalue weighted by molar-refractivity contribution is 0.0996. The number of ether oxygens (including phenoxy) is 2. The van der Waals surface area contributed by atoms with Crippen LogP contribution < -0.4 is 20.1 Å². The van der Waals surface area contributed by atoms with Gasteiger partial charge in [-0.1, -0.05) is 17.4 Å². The largest absolute Gasteiger partial charge is 0.493 e. The summed E-state index contributed by atoms with van der Waals surface area (Å²) in [5.41, 5.74) is 1.81. The van der Waals surface area contributed by atoms with E-state index < -0.39 is 0 Å². The number of fused-ring (bicyclic) bond motifs is 1. The molecule has 0 bridgehead atoms. The molecule has 0 unspecified atom stereocenters. The van der Waals surface area contributed by atoms with E-state index in [1.165, 1.54) is 17.6 Å². The van der Waals surface area contributed by atoms with Gasteiger partial charge >= 0.3 is 6.03 Å². The van der Waals surface area contributed by atoms with E-state index in [0.29, 0.717) is 42.7 Å². The van der Waals surface area contributed by atoms with Crippen molar-refractivity contribution in [2.24, 2.45) is 0 Å². The molecule has 0 saturated carbocycles. The summed E-state index contributed by atoms with van der Waals surface area (Å²) in [4.78, 5) is 32.0. The maximum absolute atomic E-state index is 12.7. The minimum atomic E-state index is -0.347. The molecule has 31 heavy (non-hydrogen) atoms. The van der Waals surface area contributed by atoms with E-state index >= 15 is 0 Å². The molecule has 3 amide bonds. The predicted molar refractivity (Wildman–Crippen MR) is 115 cm³/mol. The molecular formula is C21H22N4O5S. The highest BCUT2D eigenvalue weighted by atomic mass is 32.1. The Hall–Kier alpha value is -3.53. The topological polar surface area (TPSA) is 106 Å². The highest BCUT2D eigenvalue weighted by molar-refractivity contribution is 7.15. The first kappa shape index (κ1) is 20.7. The molecule has 1 aromatic carbocycles. The van der Waals surface area contributed by atoms with Gasteiger partial charge in [-0.25, -0.2) is 9.78 Å². The van der Waals surface area contributed by atoms with Crippen LogP contribution in [0.2, 0.25) is 0 Å². The van der Waals surface area contributed by atoms with Crippen molar-refractivity contribution in [1.82, 2.24) is 15.2 Å². The number of anilines is 1. The van der Waals surface area contributed by atoms with Crippen molar-refractivity contribution in [2.45, 2.75) is 19.5 Å². The van der Waals surface area contributed by atoms with Gasteiger partial charge in [-0.3, -0.25) is 10.1 Å². The number of benzene rings is 1. The van der Waals surface area contributed by atoms with Gasteiger partial charge in [-0.05, 0) is 29.8 Å². The summed E-state index contributed by atoms with van der Waals surface area (Å²) in [6.45, 7) is 1.37. The average Bonchev–Trinajstić information content (AvgIpc) is 3.46. The number of nitrogens with zero attached hydrogens (tertiary/aromatic N) is 2. The molecule has 1 aliphatic rings. The Labute approximate surface area is 183 Å². The van der Waals surface area contributed by atoms with Crippen LogP contribution in [0.3, 0.4) is 0 Å². The Morgan fingerprint density at radius 2 is 2.06 bits per heavy atom. The summed E-state index contributed by atoms with van der Waals surface area (Å²) in [6, 6.07) is 8.62. The second kappa shape index (κ2) is 9.09. The fourth-order valence-electron chi connectivity index (χ4n) is 3.27. The summed E-state index contributed by atoms with van der Waals surface area (Å²) in [5.74, 6) is 1.14. The van der Waals surface area contributed by atoms with E-state index in [1.54, 1.807) is 31.3 Å². The summed E-state index contributed by atoms with van der Waals surface area (Å²) in [5, 5.41) is 6.18. The van der Waals surface area contributed by atoms with E-state index in [4.69, 9.17) is 13.9 Å². The standard InChI is InChI=1S/C21H22N4O5S/c1-28-15-6-5-13(10-17(15)29-2)11-22-21(27)25-8-7-14-18(12-25)31-20(23-14)24-19(26)16-4-3-9-30-16/h3-6,9-10H,7-8,11-12H2,1-2H3,(H,22,27)(H,23,24,26). The third-order valence-electron chi connectivity index (χ3n) is 4.88. The monoisotopic (exact) mass is 442 g/mol. The third-order valence-corrected chi connectivity index (χ3v) is 5.87. The average molecular weight is 442 g/mol. The van der Waals surface area contributed by atoms with E-state index in [-0.39, 0.29) is 17.7 Å². The Kier molecular flexibility index (Phi) is 6.08. The van der Waals surface area contributed by atoms with Crippen LogP contribution in [0.4, 0.5) is 9.93 Å². The number of thiazole rings is 1. The van der Waals surface area contributed by atoms with Gasteiger partial charge in [-0.2, -0.15) is 0 Å². The maximum atomic E-state index is 12.7. The van der Waals surface area contributed by atoms with Crippen LogP contribution in [-0.2, 0) is 19.5 Å². The van der Waals surface area contributed by atoms with Gasteiger partial charge in [-0.15, -0.1) is 0 Å². The number of carbonyl (C=O) groups is 2. The van der Waals surface area contributed by atoms with E-state index in [0.717, 1.165) is 16.1 Å². The van der Waals surface area contributed by atoms with Crippen molar-refractivity contribution in [3.8, 4) is 11.5 Å². The van der Waals surface area contributed by atoms with Gasteiger partial charge in [0.25, 0.3) is 5.91 Å². The molecule has 10 heteroatoms. The number of carbonyl (C=O) groups excluding carboxylic acids is 2. The molecule has 3 heterocycles. The van der Waals surface area contributed by atoms with E-state index in [9.17, 15) is 9.59 Å². The number of urea groups is 1. The molecule has 3 aromatic rings. The molecule has 0 radical (unpaired) electrons. The maximum Gasteiger partial charge on any atom is 0.318 e. The Balaban J connectivity index is 1.34. The summed E-state index contributed by atoms with van der Waals surface area (Å²) in [6.07, 6.45) is 2.08. The van der Waals surface area contributed by atoms with Crippen LogP contribution in [-0.4, -0.2) is 42.6 Å². The lowest BCUT2D eigenvalue weighted by Crippen LogP contribution is -2.42. The van der Waals surface area contributed by atoms with Gasteiger partial charge in [0.05, 0.1) is 32.7 Å². The number of nitrogens with one attached hydrogen (secondary N) is 2. The quantitative estimate of drug-likeness (QED) is 0.607. The van der Waals surface area contributed by atoms with Crippen LogP contribution in [0.1, 0.15) is 26.7 Å². The molecule has 0 atom stereocenters. The van der Waals surface area contributed by atoms with Crippen molar-refractivity contribution >= 4 is 28.4 Å². The molecule has 2 N–H and O–H groups in total. The molecule has 0 saturated heterocycles. The second-order valence-corrected chi connectivity index (χ2v) is 7.92. The van der Waals surface area contributed by atoms with Crippen LogP contribution in [0, 0.1) is 0 Å². The summed E-state index contributed by atoms with van der Waals surface area (Å²) >= 11 is 1.37. The van der Waals surface area contributed by atoms with Gasteiger partial charge in [0.2, 0.25) is 0 Å². The first-order chi connectivity index (χ1) is 15.1. The Morgan fingerprint density at radius 1 is 1.23 bits per heavy atom. The lowest BCUT2D eigenvalue weighted by atomic mass is 10.2. The number of amides is 3. The number of rotatable bonds is 6. The minimum Gasteiger partial charge on any atom is -0.493 e. The molecular weight excluding hydrogens is 420 g/mol. The third kappa shape index (κ3) is 4.64. The van der Waals surface area contributed by atoms with Crippen molar-refractivity contribution in [2.75, 3.05) is 26.1 Å². The van der Waals surface area contributed by atoms with Crippen molar-refractivity contribution in [1.29, 1.82) is 0 Å². The molecule has 4 rings (SSSR count). The highest BCUT2D eigenvalue weighted by Crippen LogP contribution is 2.29. The Bertz CT molecular complexity index is 1080. The molecule has 0 aliphatic carbocycles. The molecule has 9 nitrogen and oxygen atoms in total. The molecule has 1 aliphatic heterocycles. The fraction of sp³-hybridized carbons (Fsp3) is 0.286. The number of hydrogen-bond donors (Lipinski definition) is 2. The van der Waals surface area contributed by atoms with Crippen molar-refractivity contribution in [3.63, 3.8) is 0 Å². The lowest BCUT2D eigenvalue weighted by Gasteiger charge is -2.26. The molecule has 0 spiro atoms. The summed E-state index contributed by atoms with van der Waals surface area (Å²) < 4.78 is 15.6. The van der Waals surface area contributed by atoms with Crippen LogP contribution in [0.25, 0.3) is 0 Å².